The van der Waals surface area contributed by atoms with Gasteiger partial charge in [-0.25, -0.2) is 0 Å². The van der Waals surface area contributed by atoms with Gasteiger partial charge in [-0.3, -0.25) is 14.4 Å². The zero-order valence-corrected chi connectivity index (χ0v) is 17.1. The van der Waals surface area contributed by atoms with Crippen LogP contribution in [0.5, 0.6) is 0 Å². The molecular formula is C22H24N4O4. The molecule has 4 rings (SSSR count). The van der Waals surface area contributed by atoms with Crippen molar-refractivity contribution in [2.45, 2.75) is 26.3 Å². The van der Waals surface area contributed by atoms with Crippen LogP contribution in [0.3, 0.4) is 0 Å². The van der Waals surface area contributed by atoms with E-state index in [9.17, 15) is 14.4 Å². The SMILES string of the molecule is CCn1cc(C(=O)N2CCC(C(=O)OC)CC2)c2nn(-c3ccccc3)c(=O)c-2c1. The molecule has 0 aliphatic carbocycles. The van der Waals surface area contributed by atoms with Crippen molar-refractivity contribution in [2.24, 2.45) is 5.92 Å². The number of fused-ring (bicyclic) bond motifs is 1. The van der Waals surface area contributed by atoms with E-state index in [1.165, 1.54) is 11.8 Å². The highest BCUT2D eigenvalue weighted by molar-refractivity contribution is 6.00. The smallest absolute Gasteiger partial charge is 0.308 e. The molecule has 1 fully saturated rings. The topological polar surface area (TPSA) is 86.4 Å². The summed E-state index contributed by atoms with van der Waals surface area (Å²) in [5.74, 6) is -0.588. The number of aromatic nitrogens is 3. The standard InChI is InChI=1S/C22H24N4O4/c1-3-24-13-17(20(27)25-11-9-15(10-12-25)22(29)30-2)19-18(14-24)21(28)26(23-19)16-7-5-4-6-8-16/h4-8,13-15H,3,9-12H2,1-2H3. The molecule has 0 unspecified atom stereocenters. The number of rotatable bonds is 4. The van der Waals surface area contributed by atoms with Gasteiger partial charge in [-0.1, -0.05) is 18.2 Å². The first-order valence-corrected chi connectivity index (χ1v) is 10.1. The van der Waals surface area contributed by atoms with Gasteiger partial charge in [0.1, 0.15) is 5.69 Å². The molecule has 1 aromatic rings. The van der Waals surface area contributed by atoms with Crippen molar-refractivity contribution in [2.75, 3.05) is 20.2 Å². The number of likely N-dealkylation sites (tertiary alicyclic amines) is 1. The van der Waals surface area contributed by atoms with E-state index in [0.29, 0.717) is 55.0 Å². The number of carbonyl (C=O) groups is 2. The van der Waals surface area contributed by atoms with Crippen LogP contribution in [0.2, 0.25) is 0 Å². The maximum absolute atomic E-state index is 13.3. The monoisotopic (exact) mass is 408 g/mol. The van der Waals surface area contributed by atoms with Gasteiger partial charge in [-0.2, -0.15) is 9.78 Å². The Kier molecular flexibility index (Phi) is 5.39. The third-order valence-electron chi connectivity index (χ3n) is 5.64. The average Bonchev–Trinajstić information content (AvgIpc) is 3.14. The highest BCUT2D eigenvalue weighted by Gasteiger charge is 2.31. The van der Waals surface area contributed by atoms with Crippen molar-refractivity contribution in [1.29, 1.82) is 0 Å². The molecule has 156 valence electrons. The third-order valence-corrected chi connectivity index (χ3v) is 5.64. The Morgan fingerprint density at radius 2 is 1.83 bits per heavy atom. The van der Waals surface area contributed by atoms with E-state index >= 15 is 0 Å². The number of hydrogen-bond acceptors (Lipinski definition) is 5. The van der Waals surface area contributed by atoms with Gasteiger partial charge in [0.15, 0.2) is 0 Å². The van der Waals surface area contributed by atoms with Crippen molar-refractivity contribution >= 4 is 11.9 Å². The lowest BCUT2D eigenvalue weighted by molar-refractivity contribution is -0.146. The molecule has 0 N–H and O–H groups in total. The van der Waals surface area contributed by atoms with Crippen molar-refractivity contribution in [3.8, 4) is 16.9 Å². The van der Waals surface area contributed by atoms with Gasteiger partial charge >= 0.3 is 5.97 Å². The van der Waals surface area contributed by atoms with Crippen LogP contribution in [-0.2, 0) is 16.1 Å². The van der Waals surface area contributed by atoms with Crippen molar-refractivity contribution in [1.82, 2.24) is 19.2 Å². The van der Waals surface area contributed by atoms with Gasteiger partial charge < -0.3 is 14.2 Å². The second-order valence-electron chi connectivity index (χ2n) is 7.41. The van der Waals surface area contributed by atoms with E-state index in [0.717, 1.165) is 0 Å². The minimum absolute atomic E-state index is 0.177. The Morgan fingerprint density at radius 1 is 1.13 bits per heavy atom. The predicted octanol–water partition coefficient (Wildman–Crippen LogP) is 2.18. The highest BCUT2D eigenvalue weighted by Crippen LogP contribution is 2.26. The summed E-state index contributed by atoms with van der Waals surface area (Å²) >= 11 is 0. The molecule has 0 spiro atoms. The molecule has 3 aliphatic heterocycles. The van der Waals surface area contributed by atoms with Gasteiger partial charge in [-0.15, -0.1) is 0 Å². The summed E-state index contributed by atoms with van der Waals surface area (Å²) in [4.78, 5) is 39.8. The molecule has 30 heavy (non-hydrogen) atoms. The molecule has 0 atom stereocenters. The molecule has 8 nitrogen and oxygen atoms in total. The molecule has 0 aromatic heterocycles. The van der Waals surface area contributed by atoms with Crippen LogP contribution in [0.15, 0.2) is 47.5 Å². The maximum atomic E-state index is 13.3. The zero-order chi connectivity index (χ0) is 21.3. The summed E-state index contributed by atoms with van der Waals surface area (Å²) in [5, 5.41) is 4.50. The lowest BCUT2D eigenvalue weighted by atomic mass is 9.96. The molecule has 8 heteroatoms. The Labute approximate surface area is 174 Å². The van der Waals surface area contributed by atoms with Crippen LogP contribution in [-0.4, -0.2) is 51.3 Å². The number of nitrogens with zero attached hydrogens (tertiary/aromatic N) is 4. The number of esters is 1. The quantitative estimate of drug-likeness (QED) is 0.618. The van der Waals surface area contributed by atoms with Crippen LogP contribution >= 0.6 is 0 Å². The molecule has 0 saturated carbocycles. The summed E-state index contributed by atoms with van der Waals surface area (Å²) in [7, 11) is 1.38. The number of piperidine rings is 1. The lowest BCUT2D eigenvalue weighted by Crippen LogP contribution is -2.41. The first-order chi connectivity index (χ1) is 14.5. The minimum atomic E-state index is -0.252. The molecule has 0 bridgehead atoms. The predicted molar refractivity (Wildman–Crippen MR) is 111 cm³/mol. The van der Waals surface area contributed by atoms with Crippen molar-refractivity contribution in [3.63, 3.8) is 0 Å². The summed E-state index contributed by atoms with van der Waals surface area (Å²) in [6.45, 7) is 3.50. The Morgan fingerprint density at radius 3 is 2.47 bits per heavy atom. The van der Waals surface area contributed by atoms with Crippen LogP contribution in [0.25, 0.3) is 16.9 Å². The van der Waals surface area contributed by atoms with Crippen molar-refractivity contribution in [3.05, 3.63) is 58.6 Å². The summed E-state index contributed by atoms with van der Waals surface area (Å²) < 4.78 is 7.99. The number of amides is 1. The largest absolute Gasteiger partial charge is 0.469 e. The summed E-state index contributed by atoms with van der Waals surface area (Å²) in [6.07, 6.45) is 4.62. The Hall–Kier alpha value is -3.42. The number of ether oxygens (including phenoxy) is 1. The molecule has 1 aromatic carbocycles. The summed E-state index contributed by atoms with van der Waals surface area (Å²) in [5.41, 5.74) is 1.61. The van der Waals surface area contributed by atoms with E-state index in [1.54, 1.807) is 29.4 Å². The molecular weight excluding hydrogens is 384 g/mol. The van der Waals surface area contributed by atoms with Crippen LogP contribution in [0.4, 0.5) is 0 Å². The third kappa shape index (κ3) is 3.49. The number of hydrogen-bond donors (Lipinski definition) is 0. The number of para-hydroxylation sites is 1. The highest BCUT2D eigenvalue weighted by atomic mass is 16.5. The zero-order valence-electron chi connectivity index (χ0n) is 17.1. The van der Waals surface area contributed by atoms with Gasteiger partial charge in [0.05, 0.1) is 29.8 Å². The lowest BCUT2D eigenvalue weighted by Gasteiger charge is -2.31. The van der Waals surface area contributed by atoms with Gasteiger partial charge in [0.25, 0.3) is 11.5 Å². The number of carbonyl (C=O) groups excluding carboxylic acids is 2. The second-order valence-corrected chi connectivity index (χ2v) is 7.41. The minimum Gasteiger partial charge on any atom is -0.469 e. The Bertz CT molecular complexity index is 1090. The molecule has 3 heterocycles. The summed E-state index contributed by atoms with van der Waals surface area (Å²) in [6, 6.07) is 9.16. The number of pyridine rings is 1. The van der Waals surface area contributed by atoms with Crippen LogP contribution < -0.4 is 5.56 Å². The van der Waals surface area contributed by atoms with E-state index in [-0.39, 0.29) is 23.4 Å². The molecule has 1 saturated heterocycles. The van der Waals surface area contributed by atoms with E-state index in [1.807, 2.05) is 29.7 Å². The second kappa shape index (κ2) is 8.14. The van der Waals surface area contributed by atoms with E-state index < -0.39 is 0 Å². The maximum Gasteiger partial charge on any atom is 0.308 e. The number of aryl methyl sites for hydroxylation is 1. The Balaban J connectivity index is 1.71. The first kappa shape index (κ1) is 19.9. The molecule has 1 amide bonds. The van der Waals surface area contributed by atoms with Crippen LogP contribution in [0, 0.1) is 5.92 Å². The number of methoxy groups -OCH3 is 1. The van der Waals surface area contributed by atoms with E-state index in [4.69, 9.17) is 4.74 Å². The van der Waals surface area contributed by atoms with E-state index in [2.05, 4.69) is 5.10 Å². The van der Waals surface area contributed by atoms with Gasteiger partial charge in [0.2, 0.25) is 0 Å². The fourth-order valence-corrected chi connectivity index (χ4v) is 3.90. The van der Waals surface area contributed by atoms with Gasteiger partial charge in [-0.05, 0) is 31.9 Å². The fraction of sp³-hybridized carbons (Fsp3) is 0.364. The molecule has 0 radical (unpaired) electrons. The number of benzene rings is 1. The van der Waals surface area contributed by atoms with Crippen LogP contribution in [0.1, 0.15) is 30.1 Å². The fourth-order valence-electron chi connectivity index (χ4n) is 3.90. The normalized spacial score (nSPS) is 14.8. The van der Waals surface area contributed by atoms with Gasteiger partial charge in [0, 0.05) is 32.0 Å². The molecule has 3 aliphatic rings. The first-order valence-electron chi connectivity index (χ1n) is 10.1. The van der Waals surface area contributed by atoms with Crippen molar-refractivity contribution < 1.29 is 14.3 Å². The average molecular weight is 408 g/mol.